The van der Waals surface area contributed by atoms with Gasteiger partial charge in [0.15, 0.2) is 0 Å². The van der Waals surface area contributed by atoms with Crippen molar-refractivity contribution >= 4 is 50.3 Å². The van der Waals surface area contributed by atoms with Crippen molar-refractivity contribution in [1.29, 1.82) is 0 Å². The average Bonchev–Trinajstić information content (AvgIpc) is 3.33. The molecule has 1 aromatic heterocycles. The second-order valence-electron chi connectivity index (χ2n) is 7.31. The zero-order chi connectivity index (χ0) is 24.1. The first-order valence-corrected chi connectivity index (χ1v) is 12.4. The van der Waals surface area contributed by atoms with Crippen LogP contribution in [0, 0.1) is 0 Å². The molecule has 9 nitrogen and oxygen atoms in total. The molecule has 3 aromatic carbocycles. The molecular formula is C23H20N4O5S2. The van der Waals surface area contributed by atoms with E-state index in [1.165, 1.54) is 25.3 Å². The van der Waals surface area contributed by atoms with E-state index in [2.05, 4.69) is 23.5 Å². The molecule has 34 heavy (non-hydrogen) atoms. The van der Waals surface area contributed by atoms with Gasteiger partial charge in [-0.15, -0.1) is 0 Å². The Kier molecular flexibility index (Phi) is 6.96. The SMILES string of the molecule is COC(=O)c1ccc(NC(=O)[C@H](Cc2ccccc2)NS(=O)(=O)c2cccc3nsnc23)cc1. The lowest BCUT2D eigenvalue weighted by Gasteiger charge is -2.19. The number of aromatic nitrogens is 2. The lowest BCUT2D eigenvalue weighted by atomic mass is 10.1. The number of carbonyl (C=O) groups excluding carboxylic acids is 2. The van der Waals surface area contributed by atoms with E-state index in [1.54, 1.807) is 24.3 Å². The van der Waals surface area contributed by atoms with Crippen LogP contribution in [0.3, 0.4) is 0 Å². The van der Waals surface area contributed by atoms with Crippen LogP contribution in [0.4, 0.5) is 5.69 Å². The summed E-state index contributed by atoms with van der Waals surface area (Å²) in [4.78, 5) is 24.7. The summed E-state index contributed by atoms with van der Waals surface area (Å²) in [5.41, 5.74) is 2.22. The molecule has 0 bridgehead atoms. The third kappa shape index (κ3) is 5.28. The van der Waals surface area contributed by atoms with Crippen LogP contribution in [0.1, 0.15) is 15.9 Å². The number of hydrogen-bond donors (Lipinski definition) is 2. The normalized spacial score (nSPS) is 12.3. The minimum Gasteiger partial charge on any atom is -0.465 e. The molecule has 0 saturated carbocycles. The van der Waals surface area contributed by atoms with Gasteiger partial charge in [-0.3, -0.25) is 4.79 Å². The van der Waals surface area contributed by atoms with E-state index in [1.807, 2.05) is 30.3 Å². The van der Waals surface area contributed by atoms with E-state index in [0.29, 0.717) is 16.8 Å². The third-order valence-corrected chi connectivity index (χ3v) is 7.05. The molecule has 0 saturated heterocycles. The Morgan fingerprint density at radius 3 is 2.41 bits per heavy atom. The average molecular weight is 497 g/mol. The minimum absolute atomic E-state index is 0.0490. The van der Waals surface area contributed by atoms with Gasteiger partial charge in [-0.05, 0) is 48.4 Å². The number of methoxy groups -OCH3 is 1. The second kappa shape index (κ2) is 10.1. The summed E-state index contributed by atoms with van der Waals surface area (Å²) in [6.07, 6.45) is 0.122. The van der Waals surface area contributed by atoms with Crippen LogP contribution in [0.25, 0.3) is 11.0 Å². The Morgan fingerprint density at radius 2 is 1.71 bits per heavy atom. The van der Waals surface area contributed by atoms with Gasteiger partial charge in [0.25, 0.3) is 0 Å². The fourth-order valence-corrected chi connectivity index (χ4v) is 5.29. The van der Waals surface area contributed by atoms with Crippen molar-refractivity contribution < 1.29 is 22.7 Å². The number of carbonyl (C=O) groups is 2. The Hall–Kier alpha value is -3.67. The second-order valence-corrected chi connectivity index (χ2v) is 9.52. The monoisotopic (exact) mass is 496 g/mol. The quantitative estimate of drug-likeness (QED) is 0.359. The van der Waals surface area contributed by atoms with Crippen LogP contribution in [0.2, 0.25) is 0 Å². The van der Waals surface area contributed by atoms with Crippen molar-refractivity contribution in [1.82, 2.24) is 13.5 Å². The van der Waals surface area contributed by atoms with Gasteiger partial charge in [0.1, 0.15) is 22.0 Å². The van der Waals surface area contributed by atoms with Crippen LogP contribution >= 0.6 is 11.7 Å². The van der Waals surface area contributed by atoms with Crippen LogP contribution in [0.5, 0.6) is 0 Å². The highest BCUT2D eigenvalue weighted by atomic mass is 32.2. The Bertz CT molecular complexity index is 1420. The topological polar surface area (TPSA) is 127 Å². The van der Waals surface area contributed by atoms with Crippen molar-refractivity contribution in [2.75, 3.05) is 12.4 Å². The first-order valence-electron chi connectivity index (χ1n) is 10.1. The van der Waals surface area contributed by atoms with E-state index < -0.39 is 27.9 Å². The number of hydrogen-bond acceptors (Lipinski definition) is 8. The van der Waals surface area contributed by atoms with Gasteiger partial charge < -0.3 is 10.1 Å². The van der Waals surface area contributed by atoms with E-state index in [0.717, 1.165) is 17.3 Å². The number of fused-ring (bicyclic) bond motifs is 1. The zero-order valence-corrected chi connectivity index (χ0v) is 19.6. The zero-order valence-electron chi connectivity index (χ0n) is 18.0. The van der Waals surface area contributed by atoms with E-state index in [-0.39, 0.29) is 16.8 Å². The van der Waals surface area contributed by atoms with Gasteiger partial charge in [-0.2, -0.15) is 13.5 Å². The van der Waals surface area contributed by atoms with Crippen molar-refractivity contribution in [2.24, 2.45) is 0 Å². The smallest absolute Gasteiger partial charge is 0.337 e. The van der Waals surface area contributed by atoms with Crippen LogP contribution in [-0.4, -0.2) is 42.2 Å². The Balaban J connectivity index is 1.60. The molecular weight excluding hydrogens is 476 g/mol. The van der Waals surface area contributed by atoms with Crippen molar-refractivity contribution in [3.05, 3.63) is 83.9 Å². The highest BCUT2D eigenvalue weighted by Gasteiger charge is 2.28. The van der Waals surface area contributed by atoms with Crippen LogP contribution < -0.4 is 10.0 Å². The first-order chi connectivity index (χ1) is 16.4. The van der Waals surface area contributed by atoms with Crippen LogP contribution in [-0.2, 0) is 26.0 Å². The number of benzene rings is 3. The molecule has 0 fully saturated rings. The minimum atomic E-state index is -4.10. The number of nitrogens with one attached hydrogen (secondary N) is 2. The molecule has 1 heterocycles. The Labute approximate surface area is 200 Å². The molecule has 0 aliphatic heterocycles. The largest absolute Gasteiger partial charge is 0.465 e. The first kappa shape index (κ1) is 23.5. The third-order valence-electron chi connectivity index (χ3n) is 5.01. The predicted octanol–water partition coefficient (Wildman–Crippen LogP) is 3.01. The maximum absolute atomic E-state index is 13.2. The fraction of sp³-hybridized carbons (Fsp3) is 0.130. The summed E-state index contributed by atoms with van der Waals surface area (Å²) >= 11 is 0.913. The highest BCUT2D eigenvalue weighted by Crippen LogP contribution is 2.22. The summed E-state index contributed by atoms with van der Waals surface area (Å²) in [7, 11) is -2.82. The number of esters is 1. The molecule has 174 valence electrons. The van der Waals surface area contributed by atoms with Gasteiger partial charge in [0, 0.05) is 5.69 Å². The number of rotatable bonds is 8. The molecule has 0 radical (unpaired) electrons. The van der Waals surface area contributed by atoms with Gasteiger partial charge in [0.05, 0.1) is 24.4 Å². The predicted molar refractivity (Wildman–Crippen MR) is 128 cm³/mol. The van der Waals surface area contributed by atoms with Gasteiger partial charge in [-0.25, -0.2) is 13.2 Å². The van der Waals surface area contributed by atoms with Crippen molar-refractivity contribution in [2.45, 2.75) is 17.4 Å². The lowest BCUT2D eigenvalue weighted by Crippen LogP contribution is -2.45. The molecule has 2 N–H and O–H groups in total. The molecule has 11 heteroatoms. The maximum Gasteiger partial charge on any atom is 0.337 e. The lowest BCUT2D eigenvalue weighted by molar-refractivity contribution is -0.117. The van der Waals surface area contributed by atoms with Gasteiger partial charge in [0.2, 0.25) is 15.9 Å². The van der Waals surface area contributed by atoms with E-state index in [4.69, 9.17) is 0 Å². The summed E-state index contributed by atoms with van der Waals surface area (Å²) < 4.78 is 41.9. The molecule has 0 aliphatic rings. The van der Waals surface area contributed by atoms with Gasteiger partial charge in [-0.1, -0.05) is 36.4 Å². The molecule has 4 rings (SSSR count). The van der Waals surface area contributed by atoms with Crippen molar-refractivity contribution in [3.63, 3.8) is 0 Å². The fourth-order valence-electron chi connectivity index (χ4n) is 3.32. The molecule has 0 aliphatic carbocycles. The number of sulfonamides is 1. The standard InChI is InChI=1S/C23H20N4O5S2/c1-32-23(29)16-10-12-17(13-11-16)24-22(28)19(14-15-6-3-2-4-7-15)27-34(30,31)20-9-5-8-18-21(20)26-33-25-18/h2-13,19,27H,14H2,1H3,(H,24,28)/t19-/m0/s1. The van der Waals surface area contributed by atoms with E-state index >= 15 is 0 Å². The summed E-state index contributed by atoms with van der Waals surface area (Å²) in [5.74, 6) is -1.06. The number of anilines is 1. The number of ether oxygens (including phenoxy) is 1. The summed E-state index contributed by atoms with van der Waals surface area (Å²) in [5, 5.41) is 2.71. The van der Waals surface area contributed by atoms with Gasteiger partial charge >= 0.3 is 5.97 Å². The highest BCUT2D eigenvalue weighted by molar-refractivity contribution is 7.89. The molecule has 1 amide bonds. The molecule has 0 unspecified atom stereocenters. The molecule has 4 aromatic rings. The summed E-state index contributed by atoms with van der Waals surface area (Å²) in [6, 6.07) is 18.7. The Morgan fingerprint density at radius 1 is 0.971 bits per heavy atom. The summed E-state index contributed by atoms with van der Waals surface area (Å²) in [6.45, 7) is 0. The van der Waals surface area contributed by atoms with Crippen molar-refractivity contribution in [3.8, 4) is 0 Å². The maximum atomic E-state index is 13.2. The van der Waals surface area contributed by atoms with E-state index in [9.17, 15) is 18.0 Å². The molecule has 0 spiro atoms. The van der Waals surface area contributed by atoms with Crippen LogP contribution in [0.15, 0.2) is 77.7 Å². The number of amides is 1. The molecule has 1 atom stereocenters. The number of nitrogens with zero attached hydrogens (tertiary/aromatic N) is 2.